The van der Waals surface area contributed by atoms with Gasteiger partial charge in [-0.3, -0.25) is 0 Å². The molecule has 0 saturated heterocycles. The molecule has 0 saturated carbocycles. The van der Waals surface area contributed by atoms with E-state index in [9.17, 15) is 0 Å². The van der Waals surface area contributed by atoms with E-state index in [0.717, 1.165) is 17.2 Å². The molecule has 0 unspecified atom stereocenters. The molecule has 1 heterocycles. The normalized spacial score (nSPS) is 10.7. The van der Waals surface area contributed by atoms with Crippen molar-refractivity contribution in [3.63, 3.8) is 0 Å². The summed E-state index contributed by atoms with van der Waals surface area (Å²) in [7, 11) is 3.91. The summed E-state index contributed by atoms with van der Waals surface area (Å²) >= 11 is 6.16. The smallest absolute Gasteiger partial charge is 0.133 e. The quantitative estimate of drug-likeness (QED) is 0.927. The van der Waals surface area contributed by atoms with E-state index in [1.165, 1.54) is 11.1 Å². The van der Waals surface area contributed by atoms with Crippen LogP contribution in [0.4, 0.5) is 11.5 Å². The first-order chi connectivity index (χ1) is 9.51. The summed E-state index contributed by atoms with van der Waals surface area (Å²) in [6.07, 6.45) is 0. The topological polar surface area (TPSA) is 28.2 Å². The van der Waals surface area contributed by atoms with Gasteiger partial charge in [0.15, 0.2) is 0 Å². The van der Waals surface area contributed by atoms with E-state index in [0.29, 0.717) is 11.6 Å². The second-order valence-corrected chi connectivity index (χ2v) is 5.44. The van der Waals surface area contributed by atoms with Crippen molar-refractivity contribution < 1.29 is 0 Å². The Morgan fingerprint density at radius 2 is 1.80 bits per heavy atom. The first kappa shape index (κ1) is 14.8. The average molecular weight is 290 g/mol. The molecule has 0 amide bonds. The van der Waals surface area contributed by atoms with E-state index in [2.05, 4.69) is 47.2 Å². The van der Waals surface area contributed by atoms with Gasteiger partial charge in [-0.15, -0.1) is 0 Å². The zero-order valence-electron chi connectivity index (χ0n) is 12.4. The van der Waals surface area contributed by atoms with E-state index in [4.69, 9.17) is 11.6 Å². The van der Waals surface area contributed by atoms with Crippen LogP contribution >= 0.6 is 11.6 Å². The highest BCUT2D eigenvalue weighted by Crippen LogP contribution is 2.26. The van der Waals surface area contributed by atoms with Gasteiger partial charge in [-0.05, 0) is 56.3 Å². The fraction of sp³-hybridized carbons (Fsp3) is 0.312. The molecule has 20 heavy (non-hydrogen) atoms. The minimum Gasteiger partial charge on any atom is -0.329 e. The average Bonchev–Trinajstić information content (AvgIpc) is 2.39. The van der Waals surface area contributed by atoms with Crippen molar-refractivity contribution in [2.24, 2.45) is 0 Å². The van der Waals surface area contributed by atoms with E-state index in [1.807, 2.05) is 26.2 Å². The molecule has 0 atom stereocenters. The van der Waals surface area contributed by atoms with Gasteiger partial charge in [0.1, 0.15) is 5.82 Å². The summed E-state index contributed by atoms with van der Waals surface area (Å²) in [5, 5.41) is 3.78. The molecule has 1 aromatic heterocycles. The number of aromatic nitrogens is 1. The SMILES string of the molecule is CNCc1nc(N(C)c2cc(C)cc(C)c2)ccc1Cl. The van der Waals surface area contributed by atoms with Crippen molar-refractivity contribution in [1.82, 2.24) is 10.3 Å². The van der Waals surface area contributed by atoms with Crippen LogP contribution < -0.4 is 10.2 Å². The molecule has 0 aliphatic rings. The third-order valence-corrected chi connectivity index (χ3v) is 3.53. The van der Waals surface area contributed by atoms with Crippen LogP contribution in [-0.4, -0.2) is 19.1 Å². The Morgan fingerprint density at radius 1 is 1.15 bits per heavy atom. The Morgan fingerprint density at radius 3 is 2.40 bits per heavy atom. The fourth-order valence-corrected chi connectivity index (χ4v) is 2.40. The number of halogens is 1. The molecule has 1 N–H and O–H groups in total. The fourth-order valence-electron chi connectivity index (χ4n) is 2.23. The second-order valence-electron chi connectivity index (χ2n) is 5.03. The van der Waals surface area contributed by atoms with Crippen LogP contribution in [0.15, 0.2) is 30.3 Å². The highest BCUT2D eigenvalue weighted by atomic mass is 35.5. The van der Waals surface area contributed by atoms with E-state index >= 15 is 0 Å². The summed E-state index contributed by atoms with van der Waals surface area (Å²) in [4.78, 5) is 6.71. The summed E-state index contributed by atoms with van der Waals surface area (Å²) < 4.78 is 0. The zero-order chi connectivity index (χ0) is 14.7. The first-order valence-corrected chi connectivity index (χ1v) is 7.01. The number of nitrogens with zero attached hydrogens (tertiary/aromatic N) is 2. The Hall–Kier alpha value is -1.58. The number of hydrogen-bond acceptors (Lipinski definition) is 3. The van der Waals surface area contributed by atoms with E-state index < -0.39 is 0 Å². The predicted molar refractivity (Wildman–Crippen MR) is 86.0 cm³/mol. The number of pyridine rings is 1. The summed E-state index contributed by atoms with van der Waals surface area (Å²) in [6.45, 7) is 4.87. The maximum Gasteiger partial charge on any atom is 0.133 e. The lowest BCUT2D eigenvalue weighted by molar-refractivity contribution is 0.790. The van der Waals surface area contributed by atoms with Crippen LogP contribution in [0.2, 0.25) is 5.02 Å². The summed E-state index contributed by atoms with van der Waals surface area (Å²) in [5.74, 6) is 0.893. The molecule has 0 fully saturated rings. The molecular formula is C16H20ClN3. The van der Waals surface area contributed by atoms with Gasteiger partial charge in [-0.1, -0.05) is 17.7 Å². The molecule has 3 nitrogen and oxygen atoms in total. The van der Waals surface area contributed by atoms with Gasteiger partial charge in [0, 0.05) is 19.3 Å². The zero-order valence-corrected chi connectivity index (χ0v) is 13.1. The van der Waals surface area contributed by atoms with Crippen molar-refractivity contribution in [3.05, 3.63) is 52.2 Å². The molecule has 4 heteroatoms. The van der Waals surface area contributed by atoms with Crippen molar-refractivity contribution in [1.29, 1.82) is 0 Å². The molecule has 106 valence electrons. The highest BCUT2D eigenvalue weighted by molar-refractivity contribution is 6.31. The van der Waals surface area contributed by atoms with Gasteiger partial charge in [0.05, 0.1) is 10.7 Å². The summed E-state index contributed by atoms with van der Waals surface area (Å²) in [5.41, 5.74) is 4.49. The van der Waals surface area contributed by atoms with Gasteiger partial charge >= 0.3 is 0 Å². The molecule has 0 radical (unpaired) electrons. The van der Waals surface area contributed by atoms with E-state index in [1.54, 1.807) is 0 Å². The lowest BCUT2D eigenvalue weighted by Gasteiger charge is -2.20. The van der Waals surface area contributed by atoms with Crippen LogP contribution in [0.3, 0.4) is 0 Å². The first-order valence-electron chi connectivity index (χ1n) is 6.63. The summed E-state index contributed by atoms with van der Waals surface area (Å²) in [6, 6.07) is 10.3. The predicted octanol–water partition coefficient (Wildman–Crippen LogP) is 3.84. The Bertz CT molecular complexity index is 590. The van der Waals surface area contributed by atoms with Crippen molar-refractivity contribution in [2.45, 2.75) is 20.4 Å². The Kier molecular flexibility index (Phi) is 4.63. The number of rotatable bonds is 4. The molecule has 1 aromatic carbocycles. The molecular weight excluding hydrogens is 270 g/mol. The molecule has 0 bridgehead atoms. The van der Waals surface area contributed by atoms with Crippen LogP contribution in [0.5, 0.6) is 0 Å². The minimum absolute atomic E-state index is 0.660. The van der Waals surface area contributed by atoms with Crippen molar-refractivity contribution in [3.8, 4) is 0 Å². The lowest BCUT2D eigenvalue weighted by Crippen LogP contribution is -2.14. The largest absolute Gasteiger partial charge is 0.329 e. The van der Waals surface area contributed by atoms with Crippen molar-refractivity contribution in [2.75, 3.05) is 19.0 Å². The van der Waals surface area contributed by atoms with Crippen LogP contribution in [0, 0.1) is 13.8 Å². The molecule has 0 aliphatic heterocycles. The Labute approximate surface area is 125 Å². The third kappa shape index (κ3) is 3.30. The van der Waals surface area contributed by atoms with Crippen LogP contribution in [0.25, 0.3) is 0 Å². The lowest BCUT2D eigenvalue weighted by atomic mass is 10.1. The van der Waals surface area contributed by atoms with Crippen molar-refractivity contribution >= 4 is 23.1 Å². The Balaban J connectivity index is 2.37. The van der Waals surface area contributed by atoms with E-state index in [-0.39, 0.29) is 0 Å². The number of benzene rings is 1. The number of anilines is 2. The monoisotopic (exact) mass is 289 g/mol. The van der Waals surface area contributed by atoms with Gasteiger partial charge in [0.2, 0.25) is 0 Å². The van der Waals surface area contributed by atoms with Gasteiger partial charge < -0.3 is 10.2 Å². The maximum atomic E-state index is 6.16. The maximum absolute atomic E-state index is 6.16. The van der Waals surface area contributed by atoms with Gasteiger partial charge in [-0.2, -0.15) is 0 Å². The molecule has 2 aromatic rings. The van der Waals surface area contributed by atoms with Crippen LogP contribution in [-0.2, 0) is 6.54 Å². The number of aryl methyl sites for hydroxylation is 2. The van der Waals surface area contributed by atoms with Gasteiger partial charge in [0.25, 0.3) is 0 Å². The second kappa shape index (κ2) is 6.25. The van der Waals surface area contributed by atoms with Gasteiger partial charge in [-0.25, -0.2) is 4.98 Å². The molecule has 2 rings (SSSR count). The number of nitrogens with one attached hydrogen (secondary N) is 1. The van der Waals surface area contributed by atoms with Crippen LogP contribution in [0.1, 0.15) is 16.8 Å². The highest BCUT2D eigenvalue weighted by Gasteiger charge is 2.09. The molecule has 0 spiro atoms. The minimum atomic E-state index is 0.660. The number of hydrogen-bond donors (Lipinski definition) is 1. The molecule has 0 aliphatic carbocycles. The standard InChI is InChI=1S/C16H20ClN3/c1-11-7-12(2)9-13(8-11)20(4)16-6-5-14(17)15(19-16)10-18-3/h5-9,18H,10H2,1-4H3. The third-order valence-electron chi connectivity index (χ3n) is 3.19.